The quantitative estimate of drug-likeness (QED) is 0.788. The van der Waals surface area contributed by atoms with Gasteiger partial charge >= 0.3 is 5.97 Å². The Kier molecular flexibility index (Phi) is 4.36. The van der Waals surface area contributed by atoms with E-state index in [4.69, 9.17) is 0 Å². The molecule has 20 heavy (non-hydrogen) atoms. The Morgan fingerprint density at radius 1 is 1.50 bits per heavy atom. The molecule has 0 aromatic heterocycles. The van der Waals surface area contributed by atoms with Crippen LogP contribution >= 0.6 is 11.8 Å². The first-order valence-corrected chi connectivity index (χ1v) is 8.41. The normalized spacial score (nSPS) is 20.1. The number of benzene rings is 1. The van der Waals surface area contributed by atoms with Gasteiger partial charge in [0.05, 0.1) is 17.9 Å². The van der Waals surface area contributed by atoms with Crippen molar-refractivity contribution in [3.63, 3.8) is 0 Å². The summed E-state index contributed by atoms with van der Waals surface area (Å²) in [6.45, 7) is 1.52. The van der Waals surface area contributed by atoms with E-state index in [1.807, 2.05) is 0 Å². The number of hydrogen-bond acceptors (Lipinski definition) is 5. The lowest BCUT2D eigenvalue weighted by molar-refractivity contribution is -0.143. The highest BCUT2D eigenvalue weighted by molar-refractivity contribution is 8.00. The molecule has 5 nitrogen and oxygen atoms in total. The molecule has 1 aromatic rings. The minimum Gasteiger partial charge on any atom is -0.468 e. The van der Waals surface area contributed by atoms with E-state index < -0.39 is 27.9 Å². The van der Waals surface area contributed by atoms with Crippen molar-refractivity contribution < 1.29 is 22.3 Å². The molecule has 1 aromatic carbocycles. The number of halogens is 1. The van der Waals surface area contributed by atoms with Gasteiger partial charge in [-0.1, -0.05) is 0 Å². The monoisotopic (exact) mass is 319 g/mol. The first kappa shape index (κ1) is 15.3. The lowest BCUT2D eigenvalue weighted by atomic mass is 10.2. The van der Waals surface area contributed by atoms with E-state index >= 15 is 0 Å². The first-order chi connectivity index (χ1) is 9.37. The van der Waals surface area contributed by atoms with E-state index in [0.717, 1.165) is 16.4 Å². The first-order valence-electron chi connectivity index (χ1n) is 5.81. The molecule has 0 unspecified atom stereocenters. The van der Waals surface area contributed by atoms with Crippen LogP contribution in [0.1, 0.15) is 5.56 Å². The third-order valence-corrected chi connectivity index (χ3v) is 6.23. The molecule has 0 saturated carbocycles. The van der Waals surface area contributed by atoms with Crippen LogP contribution in [0, 0.1) is 12.7 Å². The maximum atomic E-state index is 13.1. The molecule has 0 radical (unpaired) electrons. The van der Waals surface area contributed by atoms with E-state index in [9.17, 15) is 17.6 Å². The van der Waals surface area contributed by atoms with Crippen LogP contribution in [-0.2, 0) is 19.6 Å². The predicted octanol–water partition coefficient (Wildman–Crippen LogP) is 1.37. The maximum Gasteiger partial charge on any atom is 0.325 e. The van der Waals surface area contributed by atoms with Crippen LogP contribution in [0.4, 0.5) is 4.39 Å². The second-order valence-corrected chi connectivity index (χ2v) is 7.20. The maximum absolute atomic E-state index is 13.1. The van der Waals surface area contributed by atoms with Crippen molar-refractivity contribution in [2.24, 2.45) is 0 Å². The summed E-state index contributed by atoms with van der Waals surface area (Å²) >= 11 is 1.34. The molecule has 1 atom stereocenters. The zero-order valence-corrected chi connectivity index (χ0v) is 12.6. The Labute approximate surface area is 121 Å². The third kappa shape index (κ3) is 2.68. The van der Waals surface area contributed by atoms with Crippen LogP contribution in [0.2, 0.25) is 0 Å². The fourth-order valence-corrected chi connectivity index (χ4v) is 5.35. The van der Waals surface area contributed by atoms with Crippen LogP contribution in [0.25, 0.3) is 0 Å². The molecule has 1 aliphatic heterocycles. The minimum atomic E-state index is -3.85. The Morgan fingerprint density at radius 3 is 2.80 bits per heavy atom. The van der Waals surface area contributed by atoms with Crippen molar-refractivity contribution in [2.75, 3.05) is 18.7 Å². The highest BCUT2D eigenvalue weighted by Crippen LogP contribution is 2.30. The van der Waals surface area contributed by atoms with E-state index in [0.29, 0.717) is 11.3 Å². The lowest BCUT2D eigenvalue weighted by Crippen LogP contribution is -2.42. The second-order valence-electron chi connectivity index (χ2n) is 4.34. The third-order valence-electron chi connectivity index (χ3n) is 3.04. The van der Waals surface area contributed by atoms with Gasteiger partial charge < -0.3 is 4.74 Å². The van der Waals surface area contributed by atoms with Crippen LogP contribution in [0.15, 0.2) is 23.1 Å². The number of rotatable bonds is 3. The molecule has 1 fully saturated rings. The molecular weight excluding hydrogens is 305 g/mol. The second kappa shape index (κ2) is 5.71. The number of carbonyl (C=O) groups excluding carboxylic acids is 1. The number of sulfonamides is 1. The van der Waals surface area contributed by atoms with E-state index in [-0.39, 0.29) is 10.8 Å². The van der Waals surface area contributed by atoms with Crippen LogP contribution in [0.5, 0.6) is 0 Å². The van der Waals surface area contributed by atoms with Gasteiger partial charge in [0.2, 0.25) is 10.0 Å². The van der Waals surface area contributed by atoms with Crippen LogP contribution < -0.4 is 0 Å². The van der Waals surface area contributed by atoms with Crippen molar-refractivity contribution in [3.05, 3.63) is 29.6 Å². The van der Waals surface area contributed by atoms with Crippen LogP contribution in [0.3, 0.4) is 0 Å². The molecule has 0 aliphatic carbocycles. The number of methoxy groups -OCH3 is 1. The number of carbonyl (C=O) groups is 1. The van der Waals surface area contributed by atoms with Crippen molar-refractivity contribution in [2.45, 2.75) is 17.9 Å². The number of aryl methyl sites for hydroxylation is 1. The smallest absolute Gasteiger partial charge is 0.325 e. The average Bonchev–Trinajstić information content (AvgIpc) is 2.87. The predicted molar refractivity (Wildman–Crippen MR) is 73.3 cm³/mol. The zero-order chi connectivity index (χ0) is 14.9. The fraction of sp³-hybridized carbons (Fsp3) is 0.417. The number of esters is 1. The summed E-state index contributed by atoms with van der Waals surface area (Å²) in [6.07, 6.45) is 0. The molecule has 2 rings (SSSR count). The van der Waals surface area contributed by atoms with Crippen LogP contribution in [-0.4, -0.2) is 43.5 Å². The molecule has 1 saturated heterocycles. The van der Waals surface area contributed by atoms with Crippen molar-refractivity contribution in [3.8, 4) is 0 Å². The van der Waals surface area contributed by atoms with Gasteiger partial charge in [-0.25, -0.2) is 12.8 Å². The van der Waals surface area contributed by atoms with Crippen molar-refractivity contribution in [1.82, 2.24) is 4.31 Å². The molecule has 8 heteroatoms. The molecule has 0 amide bonds. The lowest BCUT2D eigenvalue weighted by Gasteiger charge is -2.22. The van der Waals surface area contributed by atoms with Gasteiger partial charge in [-0.05, 0) is 30.7 Å². The summed E-state index contributed by atoms with van der Waals surface area (Å²) in [6, 6.07) is 2.64. The molecular formula is C12H14FNO4S2. The molecule has 1 aliphatic rings. The zero-order valence-electron chi connectivity index (χ0n) is 11.0. The van der Waals surface area contributed by atoms with Gasteiger partial charge in [-0.3, -0.25) is 4.79 Å². The molecule has 0 N–H and O–H groups in total. The SMILES string of the molecule is COC(=O)[C@H]1CSCN1S(=O)(=O)c1ccc(F)cc1C. The van der Waals surface area contributed by atoms with Gasteiger partial charge in [0.15, 0.2) is 0 Å². The highest BCUT2D eigenvalue weighted by atomic mass is 32.2. The van der Waals surface area contributed by atoms with Gasteiger partial charge in [-0.2, -0.15) is 4.31 Å². The number of thioether (sulfide) groups is 1. The summed E-state index contributed by atoms with van der Waals surface area (Å²) in [5, 5.41) is 0. The fourth-order valence-electron chi connectivity index (χ4n) is 2.01. The highest BCUT2D eigenvalue weighted by Gasteiger charge is 2.41. The van der Waals surface area contributed by atoms with Crippen molar-refractivity contribution >= 4 is 27.8 Å². The summed E-state index contributed by atoms with van der Waals surface area (Å²) in [5.74, 6) is -0.550. The standard InChI is InChI=1S/C12H14FNO4S2/c1-8-5-9(13)3-4-11(8)20(16,17)14-7-19-6-10(14)12(15)18-2/h3-5,10H,6-7H2,1-2H3/t10-/m1/s1. The molecule has 110 valence electrons. The topological polar surface area (TPSA) is 63.7 Å². The summed E-state index contributed by atoms with van der Waals surface area (Å²) in [4.78, 5) is 11.6. The summed E-state index contributed by atoms with van der Waals surface area (Å²) in [7, 11) is -2.62. The molecule has 1 heterocycles. The molecule has 0 spiro atoms. The average molecular weight is 319 g/mol. The number of hydrogen-bond donors (Lipinski definition) is 0. The van der Waals surface area contributed by atoms with Crippen molar-refractivity contribution in [1.29, 1.82) is 0 Å². The Bertz CT molecular complexity index is 632. The van der Waals surface area contributed by atoms with Gasteiger partial charge in [0, 0.05) is 5.75 Å². The summed E-state index contributed by atoms with van der Waals surface area (Å²) < 4.78 is 44.0. The Hall–Kier alpha value is -1.12. The Morgan fingerprint density at radius 2 is 2.20 bits per heavy atom. The van der Waals surface area contributed by atoms with E-state index in [1.165, 1.54) is 31.9 Å². The van der Waals surface area contributed by atoms with E-state index in [2.05, 4.69) is 4.74 Å². The Balaban J connectivity index is 2.41. The summed E-state index contributed by atoms with van der Waals surface area (Å²) in [5.41, 5.74) is 0.311. The largest absolute Gasteiger partial charge is 0.468 e. The number of ether oxygens (including phenoxy) is 1. The molecule has 0 bridgehead atoms. The number of nitrogens with zero attached hydrogens (tertiary/aromatic N) is 1. The van der Waals surface area contributed by atoms with E-state index in [1.54, 1.807) is 0 Å². The minimum absolute atomic E-state index is 0.00954. The van der Waals surface area contributed by atoms with Gasteiger partial charge in [-0.15, -0.1) is 11.8 Å². The van der Waals surface area contributed by atoms with Gasteiger partial charge in [0.25, 0.3) is 0 Å². The van der Waals surface area contributed by atoms with Gasteiger partial charge in [0.1, 0.15) is 11.9 Å².